The summed E-state index contributed by atoms with van der Waals surface area (Å²) in [5.41, 5.74) is 1.19. The normalized spacial score (nSPS) is 11.4. The zero-order valence-electron chi connectivity index (χ0n) is 17.9. The van der Waals surface area contributed by atoms with Gasteiger partial charge in [0.05, 0.1) is 0 Å². The molecule has 158 valence electrons. The number of aromatic nitrogens is 3. The second kappa shape index (κ2) is 11.5. The van der Waals surface area contributed by atoms with Gasteiger partial charge in [-0.05, 0) is 24.0 Å². The van der Waals surface area contributed by atoms with E-state index in [2.05, 4.69) is 58.0 Å². The molecule has 0 atom stereocenters. The molecule has 0 aliphatic rings. The molecule has 0 aliphatic heterocycles. The van der Waals surface area contributed by atoms with Crippen molar-refractivity contribution >= 4 is 23.6 Å². The number of carbonyl (C=O) groups is 1. The quantitative estimate of drug-likeness (QED) is 0.380. The largest absolute Gasteiger partial charge is 0.354 e. The lowest BCUT2D eigenvalue weighted by molar-refractivity contribution is -0.127. The molecule has 0 unspecified atom stereocenters. The van der Waals surface area contributed by atoms with Gasteiger partial charge in [-0.25, -0.2) is 4.99 Å². The second-order valence-corrected chi connectivity index (χ2v) is 7.73. The van der Waals surface area contributed by atoms with E-state index in [1.807, 2.05) is 16.5 Å². The minimum atomic E-state index is -0.0332. The highest BCUT2D eigenvalue weighted by Gasteiger charge is 2.10. The molecule has 0 radical (unpaired) electrons. The zero-order chi connectivity index (χ0) is 21.2. The molecule has 0 spiro atoms. The van der Waals surface area contributed by atoms with Crippen molar-refractivity contribution in [1.29, 1.82) is 0 Å². The smallest absolute Gasteiger partial charge is 0.243 e. The molecule has 2 rings (SSSR count). The van der Waals surface area contributed by atoms with Gasteiger partial charge in [-0.3, -0.25) is 4.79 Å². The van der Waals surface area contributed by atoms with E-state index < -0.39 is 0 Å². The first-order valence-corrected chi connectivity index (χ1v) is 10.9. The van der Waals surface area contributed by atoms with E-state index in [4.69, 9.17) is 0 Å². The third-order valence-electron chi connectivity index (χ3n) is 4.45. The number of carbonyl (C=O) groups excluding carboxylic acids is 1. The fourth-order valence-corrected chi connectivity index (χ4v) is 3.11. The molecule has 0 saturated heterocycles. The number of nitrogens with one attached hydrogen (secondary N) is 1. The van der Waals surface area contributed by atoms with Gasteiger partial charge >= 0.3 is 0 Å². The van der Waals surface area contributed by atoms with Gasteiger partial charge < -0.3 is 19.7 Å². The molecule has 1 heterocycles. The van der Waals surface area contributed by atoms with Crippen LogP contribution >= 0.6 is 11.8 Å². The van der Waals surface area contributed by atoms with Crippen LogP contribution in [0.1, 0.15) is 18.3 Å². The summed E-state index contributed by atoms with van der Waals surface area (Å²) >= 11 is 1.73. The highest BCUT2D eigenvalue weighted by atomic mass is 32.2. The summed E-state index contributed by atoms with van der Waals surface area (Å²) in [6, 6.07) is 8.48. The number of guanidine groups is 1. The third-order valence-corrected chi connectivity index (χ3v) is 5.19. The van der Waals surface area contributed by atoms with E-state index in [-0.39, 0.29) is 12.5 Å². The first-order valence-electron chi connectivity index (χ1n) is 9.63. The Bertz CT molecular complexity index is 801. The summed E-state index contributed by atoms with van der Waals surface area (Å²) in [6.07, 6.45) is 4.64. The molecule has 0 saturated carbocycles. The Morgan fingerprint density at radius 3 is 2.59 bits per heavy atom. The summed E-state index contributed by atoms with van der Waals surface area (Å²) in [5.74, 6) is 1.62. The lowest BCUT2D eigenvalue weighted by atomic mass is 10.2. The number of nitrogens with zero attached hydrogens (tertiary/aromatic N) is 6. The SMILES string of the molecule is CCc1nncn1CCNC(=NCC(=O)N(C)C)N(C)Cc1ccc(SC)cc1. The molecule has 9 heteroatoms. The van der Waals surface area contributed by atoms with Crippen LogP contribution in [0.5, 0.6) is 0 Å². The minimum absolute atomic E-state index is 0.0332. The van der Waals surface area contributed by atoms with Gasteiger partial charge in [-0.2, -0.15) is 0 Å². The summed E-state index contributed by atoms with van der Waals surface area (Å²) in [4.78, 5) is 21.3. The Hall–Kier alpha value is -2.55. The standard InChI is InChI=1S/C20H31N7OS/c1-6-18-24-23-15-27(18)12-11-21-20(22-13-19(28)25(2)3)26(4)14-16-7-9-17(29-5)10-8-16/h7-10,15H,6,11-14H2,1-5H3,(H,21,22). The first kappa shape index (κ1) is 22.7. The summed E-state index contributed by atoms with van der Waals surface area (Å²) in [7, 11) is 5.45. The lowest BCUT2D eigenvalue weighted by Gasteiger charge is -2.23. The molecule has 1 amide bonds. The van der Waals surface area contributed by atoms with Crippen molar-refractivity contribution in [2.45, 2.75) is 31.3 Å². The average Bonchev–Trinajstić information content (AvgIpc) is 3.18. The van der Waals surface area contributed by atoms with E-state index in [1.165, 1.54) is 10.5 Å². The minimum Gasteiger partial charge on any atom is -0.354 e. The maximum Gasteiger partial charge on any atom is 0.243 e. The number of thioether (sulfide) groups is 1. The van der Waals surface area contributed by atoms with Crippen LogP contribution in [0.2, 0.25) is 0 Å². The van der Waals surface area contributed by atoms with Crippen molar-refractivity contribution in [1.82, 2.24) is 29.9 Å². The van der Waals surface area contributed by atoms with Crippen molar-refractivity contribution in [3.05, 3.63) is 42.0 Å². The predicted molar refractivity (Wildman–Crippen MR) is 118 cm³/mol. The molecule has 29 heavy (non-hydrogen) atoms. The fraction of sp³-hybridized carbons (Fsp3) is 0.500. The highest BCUT2D eigenvalue weighted by Crippen LogP contribution is 2.15. The van der Waals surface area contributed by atoms with Gasteiger partial charge in [0.25, 0.3) is 0 Å². The van der Waals surface area contributed by atoms with Crippen molar-refractivity contribution in [3.63, 3.8) is 0 Å². The predicted octanol–water partition coefficient (Wildman–Crippen LogP) is 1.73. The molecule has 1 N–H and O–H groups in total. The van der Waals surface area contributed by atoms with E-state index >= 15 is 0 Å². The summed E-state index contributed by atoms with van der Waals surface area (Å²) in [6.45, 7) is 4.26. The van der Waals surface area contributed by atoms with Gasteiger partial charge in [-0.1, -0.05) is 19.1 Å². The van der Waals surface area contributed by atoms with E-state index in [1.54, 1.807) is 37.1 Å². The maximum absolute atomic E-state index is 12.0. The Kier molecular flexibility index (Phi) is 8.98. The number of hydrogen-bond donors (Lipinski definition) is 1. The maximum atomic E-state index is 12.0. The van der Waals surface area contributed by atoms with Crippen LogP contribution in [-0.2, 0) is 24.3 Å². The van der Waals surface area contributed by atoms with Crippen LogP contribution in [0, 0.1) is 0 Å². The van der Waals surface area contributed by atoms with E-state index in [0.717, 1.165) is 18.8 Å². The van der Waals surface area contributed by atoms with E-state index in [0.29, 0.717) is 19.0 Å². The second-order valence-electron chi connectivity index (χ2n) is 6.85. The Labute approximate surface area is 177 Å². The van der Waals surface area contributed by atoms with Crippen molar-refractivity contribution < 1.29 is 4.79 Å². The Balaban J connectivity index is 2.04. The Morgan fingerprint density at radius 1 is 1.24 bits per heavy atom. The molecule has 0 fully saturated rings. The van der Waals surface area contributed by atoms with Crippen molar-refractivity contribution in [3.8, 4) is 0 Å². The van der Waals surface area contributed by atoms with Crippen LogP contribution in [0.15, 0.2) is 40.5 Å². The molecular weight excluding hydrogens is 386 g/mol. The van der Waals surface area contributed by atoms with Gasteiger partial charge in [-0.15, -0.1) is 22.0 Å². The highest BCUT2D eigenvalue weighted by molar-refractivity contribution is 7.98. The zero-order valence-corrected chi connectivity index (χ0v) is 18.7. The topological polar surface area (TPSA) is 78.6 Å². The molecule has 1 aromatic heterocycles. The van der Waals surface area contributed by atoms with Gasteiger partial charge in [0.15, 0.2) is 5.96 Å². The number of benzene rings is 1. The third kappa shape index (κ3) is 7.08. The molecule has 1 aromatic carbocycles. The molecule has 8 nitrogen and oxygen atoms in total. The number of likely N-dealkylation sites (N-methyl/N-ethyl adjacent to an activating group) is 1. The van der Waals surface area contributed by atoms with Gasteiger partial charge in [0.2, 0.25) is 5.91 Å². The van der Waals surface area contributed by atoms with Crippen LogP contribution in [0.4, 0.5) is 0 Å². The summed E-state index contributed by atoms with van der Waals surface area (Å²) < 4.78 is 2.02. The first-order chi connectivity index (χ1) is 13.9. The fourth-order valence-electron chi connectivity index (χ4n) is 2.70. The average molecular weight is 418 g/mol. The molecule has 2 aromatic rings. The molecule has 0 aliphatic carbocycles. The molecular formula is C20H31N7OS. The number of aryl methyl sites for hydroxylation is 1. The number of amides is 1. The van der Waals surface area contributed by atoms with Crippen LogP contribution < -0.4 is 5.32 Å². The van der Waals surface area contributed by atoms with Crippen LogP contribution in [0.3, 0.4) is 0 Å². The number of rotatable bonds is 9. The summed E-state index contributed by atoms with van der Waals surface area (Å²) in [5, 5.41) is 11.4. The number of aliphatic imine (C=N–C) groups is 1. The van der Waals surface area contributed by atoms with Crippen LogP contribution in [-0.4, -0.2) is 76.9 Å². The van der Waals surface area contributed by atoms with Crippen molar-refractivity contribution in [2.75, 3.05) is 40.5 Å². The molecule has 0 bridgehead atoms. The lowest BCUT2D eigenvalue weighted by Crippen LogP contribution is -2.41. The monoisotopic (exact) mass is 417 g/mol. The Morgan fingerprint density at radius 2 is 1.97 bits per heavy atom. The van der Waals surface area contributed by atoms with Crippen molar-refractivity contribution in [2.24, 2.45) is 4.99 Å². The van der Waals surface area contributed by atoms with E-state index in [9.17, 15) is 4.79 Å². The van der Waals surface area contributed by atoms with Gasteiger partial charge in [0, 0.05) is 52.1 Å². The van der Waals surface area contributed by atoms with Gasteiger partial charge in [0.1, 0.15) is 18.7 Å². The van der Waals surface area contributed by atoms with Crippen LogP contribution in [0.25, 0.3) is 0 Å². The number of hydrogen-bond acceptors (Lipinski definition) is 5.